The fraction of sp³-hybridized carbons (Fsp3) is 0.773. The average molecular weight is 549 g/mol. The van der Waals surface area contributed by atoms with Crippen molar-refractivity contribution in [3.05, 3.63) is 22.4 Å². The molecule has 3 aliphatic heterocycles. The predicted octanol–water partition coefficient (Wildman–Crippen LogP) is 3.42. The van der Waals surface area contributed by atoms with Gasteiger partial charge in [-0.2, -0.15) is 0 Å². The lowest BCUT2D eigenvalue weighted by Gasteiger charge is -2.37. The van der Waals surface area contributed by atoms with Gasteiger partial charge < -0.3 is 19.7 Å². The van der Waals surface area contributed by atoms with Gasteiger partial charge in [0.15, 0.2) is 5.96 Å². The van der Waals surface area contributed by atoms with Crippen LogP contribution in [0, 0.1) is 5.92 Å². The fourth-order valence-corrected chi connectivity index (χ4v) is 5.44. The summed E-state index contributed by atoms with van der Waals surface area (Å²) in [6.07, 6.45) is 5.26. The van der Waals surface area contributed by atoms with E-state index in [1.54, 1.807) is 0 Å². The van der Waals surface area contributed by atoms with Crippen LogP contribution >= 0.6 is 35.3 Å². The SMILES string of the molecule is CCNC(=NCC1CCCN(Cc2cccs2)C1)N1CCOC(C2CCCO2)C1.I. The van der Waals surface area contributed by atoms with Gasteiger partial charge in [-0.05, 0) is 56.5 Å². The molecule has 3 unspecified atom stereocenters. The molecule has 0 spiro atoms. The number of nitrogens with one attached hydrogen (secondary N) is 1. The molecule has 0 aliphatic carbocycles. The number of rotatable bonds is 6. The summed E-state index contributed by atoms with van der Waals surface area (Å²) in [6, 6.07) is 4.40. The molecule has 1 N–H and O–H groups in total. The van der Waals surface area contributed by atoms with E-state index in [0.717, 1.165) is 71.3 Å². The van der Waals surface area contributed by atoms with Gasteiger partial charge in [-0.3, -0.25) is 9.89 Å². The van der Waals surface area contributed by atoms with E-state index >= 15 is 0 Å². The van der Waals surface area contributed by atoms with E-state index in [-0.39, 0.29) is 36.2 Å². The summed E-state index contributed by atoms with van der Waals surface area (Å²) in [7, 11) is 0. The van der Waals surface area contributed by atoms with Gasteiger partial charge in [0.1, 0.15) is 6.10 Å². The number of halogens is 1. The van der Waals surface area contributed by atoms with Crippen LogP contribution in [0.3, 0.4) is 0 Å². The molecule has 0 bridgehead atoms. The highest BCUT2D eigenvalue weighted by molar-refractivity contribution is 14.0. The highest BCUT2D eigenvalue weighted by Crippen LogP contribution is 2.22. The Kier molecular flexibility index (Phi) is 10.2. The van der Waals surface area contributed by atoms with Crippen LogP contribution in [0.5, 0.6) is 0 Å². The molecule has 0 amide bonds. The van der Waals surface area contributed by atoms with Crippen molar-refractivity contribution in [3.63, 3.8) is 0 Å². The molecule has 1 aromatic rings. The topological polar surface area (TPSA) is 49.3 Å². The Morgan fingerprint density at radius 3 is 2.83 bits per heavy atom. The number of ether oxygens (including phenoxy) is 2. The Labute approximate surface area is 202 Å². The van der Waals surface area contributed by atoms with Crippen molar-refractivity contribution >= 4 is 41.3 Å². The van der Waals surface area contributed by atoms with E-state index in [1.165, 1.54) is 24.3 Å². The van der Waals surface area contributed by atoms with Crippen molar-refractivity contribution in [2.24, 2.45) is 10.9 Å². The third-order valence-electron chi connectivity index (χ3n) is 6.17. The van der Waals surface area contributed by atoms with Gasteiger partial charge in [-0.15, -0.1) is 35.3 Å². The Balaban J connectivity index is 0.00000256. The van der Waals surface area contributed by atoms with Crippen LogP contribution in [0.15, 0.2) is 22.5 Å². The highest BCUT2D eigenvalue weighted by Gasteiger charge is 2.32. The smallest absolute Gasteiger partial charge is 0.194 e. The summed E-state index contributed by atoms with van der Waals surface area (Å²) >= 11 is 1.86. The summed E-state index contributed by atoms with van der Waals surface area (Å²) in [6.45, 7) is 10.8. The summed E-state index contributed by atoms with van der Waals surface area (Å²) in [5.74, 6) is 1.70. The zero-order valence-corrected chi connectivity index (χ0v) is 21.3. The van der Waals surface area contributed by atoms with Crippen molar-refractivity contribution in [2.45, 2.75) is 51.4 Å². The zero-order chi connectivity index (χ0) is 19.9. The van der Waals surface area contributed by atoms with E-state index < -0.39 is 0 Å². The molecule has 4 heterocycles. The summed E-state index contributed by atoms with van der Waals surface area (Å²) in [5.41, 5.74) is 0. The second-order valence-corrected chi connectivity index (χ2v) is 9.46. The van der Waals surface area contributed by atoms with E-state index in [1.807, 2.05) is 11.3 Å². The normalized spacial score (nSPS) is 28.4. The average Bonchev–Trinajstić information content (AvgIpc) is 3.46. The lowest BCUT2D eigenvalue weighted by atomic mass is 9.98. The quantitative estimate of drug-likeness (QED) is 0.336. The van der Waals surface area contributed by atoms with Gasteiger partial charge in [-0.25, -0.2) is 0 Å². The van der Waals surface area contributed by atoms with Crippen LogP contribution in [-0.2, 0) is 16.0 Å². The van der Waals surface area contributed by atoms with Crippen LogP contribution in [0.4, 0.5) is 0 Å². The minimum absolute atomic E-state index is 0. The van der Waals surface area contributed by atoms with Gasteiger partial charge in [0.05, 0.1) is 12.7 Å². The van der Waals surface area contributed by atoms with Crippen LogP contribution in [0.2, 0.25) is 0 Å². The number of guanidine groups is 1. The molecule has 3 atom stereocenters. The largest absolute Gasteiger partial charge is 0.375 e. The summed E-state index contributed by atoms with van der Waals surface area (Å²) < 4.78 is 11.9. The third kappa shape index (κ3) is 6.79. The van der Waals surface area contributed by atoms with Crippen molar-refractivity contribution in [2.75, 3.05) is 52.5 Å². The number of hydrogen-bond donors (Lipinski definition) is 1. The minimum atomic E-state index is 0. The molecule has 8 heteroatoms. The van der Waals surface area contributed by atoms with Crippen LogP contribution in [0.1, 0.15) is 37.5 Å². The maximum Gasteiger partial charge on any atom is 0.194 e. The summed E-state index contributed by atoms with van der Waals surface area (Å²) in [5, 5.41) is 5.69. The van der Waals surface area contributed by atoms with Gasteiger partial charge in [-0.1, -0.05) is 6.07 Å². The molecular weight excluding hydrogens is 511 g/mol. The number of aliphatic imine (C=N–C) groups is 1. The molecule has 6 nitrogen and oxygen atoms in total. The molecular formula is C22H37IN4O2S. The van der Waals surface area contributed by atoms with E-state index in [4.69, 9.17) is 14.5 Å². The zero-order valence-electron chi connectivity index (χ0n) is 18.1. The highest BCUT2D eigenvalue weighted by atomic mass is 127. The standard InChI is InChI=1S/C22H36N4O2S.HI/c1-2-23-22(26-10-12-28-21(17-26)20-8-4-11-27-20)24-14-18-6-3-9-25(15-18)16-19-7-5-13-29-19;/h5,7,13,18,20-21H,2-4,6,8-12,14-17H2,1H3,(H,23,24);1H. The van der Waals surface area contributed by atoms with E-state index in [0.29, 0.717) is 5.92 Å². The molecule has 30 heavy (non-hydrogen) atoms. The molecule has 0 radical (unpaired) electrons. The van der Waals surface area contributed by atoms with E-state index in [9.17, 15) is 0 Å². The second kappa shape index (κ2) is 12.6. The Morgan fingerprint density at radius 2 is 2.07 bits per heavy atom. The Bertz CT molecular complexity index is 639. The minimum Gasteiger partial charge on any atom is -0.375 e. The molecule has 3 aliphatic rings. The van der Waals surface area contributed by atoms with Gasteiger partial charge in [0.25, 0.3) is 0 Å². The number of likely N-dealkylation sites (tertiary alicyclic amines) is 1. The monoisotopic (exact) mass is 548 g/mol. The maximum absolute atomic E-state index is 6.02. The Morgan fingerprint density at radius 1 is 1.17 bits per heavy atom. The maximum atomic E-state index is 6.02. The van der Waals surface area contributed by atoms with Crippen molar-refractivity contribution in [3.8, 4) is 0 Å². The van der Waals surface area contributed by atoms with Crippen molar-refractivity contribution in [1.82, 2.24) is 15.1 Å². The molecule has 170 valence electrons. The third-order valence-corrected chi connectivity index (χ3v) is 7.03. The van der Waals surface area contributed by atoms with Crippen LogP contribution in [-0.4, -0.2) is 80.4 Å². The van der Waals surface area contributed by atoms with Gasteiger partial charge in [0.2, 0.25) is 0 Å². The number of morpholine rings is 1. The molecule has 4 rings (SSSR count). The van der Waals surface area contributed by atoms with Crippen LogP contribution in [0.25, 0.3) is 0 Å². The molecule has 3 saturated heterocycles. The van der Waals surface area contributed by atoms with Gasteiger partial charge in [0, 0.05) is 50.8 Å². The Hall–Kier alpha value is -0.420. The second-order valence-electron chi connectivity index (χ2n) is 8.42. The van der Waals surface area contributed by atoms with E-state index in [2.05, 4.69) is 39.6 Å². The number of hydrogen-bond acceptors (Lipinski definition) is 5. The predicted molar refractivity (Wildman–Crippen MR) is 134 cm³/mol. The number of nitrogens with zero attached hydrogens (tertiary/aromatic N) is 3. The number of thiophene rings is 1. The fourth-order valence-electron chi connectivity index (χ4n) is 4.70. The molecule has 1 aromatic heterocycles. The lowest BCUT2D eigenvalue weighted by molar-refractivity contribution is -0.0817. The number of piperidine rings is 1. The molecule has 0 aromatic carbocycles. The first kappa shape index (κ1) is 24.2. The van der Waals surface area contributed by atoms with Crippen molar-refractivity contribution < 1.29 is 9.47 Å². The van der Waals surface area contributed by atoms with Gasteiger partial charge >= 0.3 is 0 Å². The molecule has 0 saturated carbocycles. The van der Waals surface area contributed by atoms with Crippen LogP contribution < -0.4 is 5.32 Å². The first-order valence-electron chi connectivity index (χ1n) is 11.3. The first-order chi connectivity index (χ1) is 14.3. The molecule has 3 fully saturated rings. The first-order valence-corrected chi connectivity index (χ1v) is 12.2. The lowest BCUT2D eigenvalue weighted by Crippen LogP contribution is -2.53. The van der Waals surface area contributed by atoms with Crippen molar-refractivity contribution in [1.29, 1.82) is 0 Å². The summed E-state index contributed by atoms with van der Waals surface area (Å²) in [4.78, 5) is 11.5.